The first-order chi connectivity index (χ1) is 8.59. The van der Waals surface area contributed by atoms with Crippen LogP contribution in [0.25, 0.3) is 0 Å². The monoisotopic (exact) mass is 286 g/mol. The van der Waals surface area contributed by atoms with E-state index in [1.54, 1.807) is 6.07 Å². The van der Waals surface area contributed by atoms with Gasteiger partial charge in [-0.1, -0.05) is 11.6 Å². The molecule has 1 saturated heterocycles. The molecule has 1 aromatic heterocycles. The summed E-state index contributed by atoms with van der Waals surface area (Å²) in [6, 6.07) is 2.22. The van der Waals surface area contributed by atoms with E-state index in [-0.39, 0.29) is 11.6 Å². The highest BCUT2D eigenvalue weighted by atomic mass is 35.5. The standard InChI is InChI=1S/C11H11ClN2O3S/c12-7-1-2-13-8(5-7)10(15)14-3-4-18-6-9(14)11(16)17/h1-2,5,9H,3-4,6H2,(H,16,17). The van der Waals surface area contributed by atoms with Crippen molar-refractivity contribution >= 4 is 35.2 Å². The summed E-state index contributed by atoms with van der Waals surface area (Å²) in [7, 11) is 0. The van der Waals surface area contributed by atoms with Crippen LogP contribution in [0.4, 0.5) is 0 Å². The first kappa shape index (κ1) is 13.2. The van der Waals surface area contributed by atoms with E-state index >= 15 is 0 Å². The van der Waals surface area contributed by atoms with Crippen molar-refractivity contribution in [3.63, 3.8) is 0 Å². The third kappa shape index (κ3) is 2.76. The Kier molecular flexibility index (Phi) is 4.08. The van der Waals surface area contributed by atoms with Gasteiger partial charge in [0.1, 0.15) is 11.7 Å². The van der Waals surface area contributed by atoms with Crippen LogP contribution in [0.3, 0.4) is 0 Å². The van der Waals surface area contributed by atoms with Crippen LogP contribution in [0.5, 0.6) is 0 Å². The number of thioether (sulfide) groups is 1. The van der Waals surface area contributed by atoms with Crippen molar-refractivity contribution in [2.45, 2.75) is 6.04 Å². The topological polar surface area (TPSA) is 70.5 Å². The van der Waals surface area contributed by atoms with E-state index in [1.165, 1.54) is 28.9 Å². The number of hydrogen-bond acceptors (Lipinski definition) is 4. The smallest absolute Gasteiger partial charge is 0.327 e. The molecule has 0 aromatic carbocycles. The van der Waals surface area contributed by atoms with Crippen molar-refractivity contribution in [2.24, 2.45) is 0 Å². The lowest BCUT2D eigenvalue weighted by Gasteiger charge is -2.32. The Balaban J connectivity index is 2.23. The van der Waals surface area contributed by atoms with Gasteiger partial charge in [-0.3, -0.25) is 9.78 Å². The highest BCUT2D eigenvalue weighted by Crippen LogP contribution is 2.19. The lowest BCUT2D eigenvalue weighted by Crippen LogP contribution is -2.50. The summed E-state index contributed by atoms with van der Waals surface area (Å²) < 4.78 is 0. The van der Waals surface area contributed by atoms with E-state index in [0.29, 0.717) is 17.3 Å². The minimum absolute atomic E-state index is 0.181. The van der Waals surface area contributed by atoms with Crippen LogP contribution in [0.15, 0.2) is 18.3 Å². The summed E-state index contributed by atoms with van der Waals surface area (Å²) in [5.74, 6) is -0.236. The number of carbonyl (C=O) groups is 2. The number of amides is 1. The Bertz CT molecular complexity index is 483. The zero-order valence-electron chi connectivity index (χ0n) is 9.38. The van der Waals surface area contributed by atoms with Crippen molar-refractivity contribution in [3.8, 4) is 0 Å². The molecule has 5 nitrogen and oxygen atoms in total. The number of rotatable bonds is 2. The van der Waals surface area contributed by atoms with Gasteiger partial charge in [-0.15, -0.1) is 0 Å². The molecule has 2 heterocycles. The normalized spacial score (nSPS) is 19.6. The average molecular weight is 287 g/mol. The fraction of sp³-hybridized carbons (Fsp3) is 0.364. The van der Waals surface area contributed by atoms with Crippen molar-refractivity contribution < 1.29 is 14.7 Å². The van der Waals surface area contributed by atoms with Gasteiger partial charge in [-0.2, -0.15) is 11.8 Å². The molecule has 2 rings (SSSR count). The van der Waals surface area contributed by atoms with E-state index in [9.17, 15) is 9.59 Å². The minimum atomic E-state index is -0.988. The molecular formula is C11H11ClN2O3S. The Hall–Kier alpha value is -1.27. The van der Waals surface area contributed by atoms with Crippen LogP contribution in [0.1, 0.15) is 10.5 Å². The van der Waals surface area contributed by atoms with Crippen LogP contribution in [0, 0.1) is 0 Å². The number of nitrogens with zero attached hydrogens (tertiary/aromatic N) is 2. The van der Waals surface area contributed by atoms with Gasteiger partial charge in [0.05, 0.1) is 0 Å². The van der Waals surface area contributed by atoms with E-state index in [2.05, 4.69) is 4.98 Å². The van der Waals surface area contributed by atoms with Gasteiger partial charge < -0.3 is 10.0 Å². The zero-order valence-corrected chi connectivity index (χ0v) is 10.9. The highest BCUT2D eigenvalue weighted by Gasteiger charge is 2.33. The third-order valence-electron chi connectivity index (χ3n) is 2.62. The second-order valence-electron chi connectivity index (χ2n) is 3.79. The van der Waals surface area contributed by atoms with Crippen molar-refractivity contribution in [1.82, 2.24) is 9.88 Å². The minimum Gasteiger partial charge on any atom is -0.480 e. The second kappa shape index (κ2) is 5.58. The number of carboxylic acid groups (broad SMARTS) is 1. The zero-order chi connectivity index (χ0) is 13.1. The van der Waals surface area contributed by atoms with Gasteiger partial charge in [0.2, 0.25) is 0 Å². The summed E-state index contributed by atoms with van der Waals surface area (Å²) in [6.07, 6.45) is 1.43. The summed E-state index contributed by atoms with van der Waals surface area (Å²) in [4.78, 5) is 28.6. The molecule has 7 heteroatoms. The molecule has 18 heavy (non-hydrogen) atoms. The average Bonchev–Trinajstić information content (AvgIpc) is 2.38. The molecule has 96 valence electrons. The second-order valence-corrected chi connectivity index (χ2v) is 5.37. The molecule has 0 aliphatic carbocycles. The fourth-order valence-corrected chi connectivity index (χ4v) is 2.92. The van der Waals surface area contributed by atoms with E-state index in [0.717, 1.165) is 5.75 Å². The lowest BCUT2D eigenvalue weighted by atomic mass is 10.2. The molecule has 1 amide bonds. The maximum atomic E-state index is 12.2. The molecule has 0 bridgehead atoms. The maximum Gasteiger partial charge on any atom is 0.327 e. The molecule has 1 aliphatic rings. The van der Waals surface area contributed by atoms with Gasteiger partial charge in [0.15, 0.2) is 0 Å². The lowest BCUT2D eigenvalue weighted by molar-refractivity contribution is -0.141. The number of aliphatic carboxylic acids is 1. The largest absolute Gasteiger partial charge is 0.480 e. The first-order valence-electron chi connectivity index (χ1n) is 5.32. The molecular weight excluding hydrogens is 276 g/mol. The number of hydrogen-bond donors (Lipinski definition) is 1. The number of pyridine rings is 1. The predicted molar refractivity (Wildman–Crippen MR) is 69.0 cm³/mol. The molecule has 0 spiro atoms. The molecule has 0 saturated carbocycles. The van der Waals surface area contributed by atoms with E-state index < -0.39 is 12.0 Å². The molecule has 1 atom stereocenters. The summed E-state index contributed by atoms with van der Waals surface area (Å²) in [5.41, 5.74) is 0.181. The van der Waals surface area contributed by atoms with Crippen LogP contribution in [0.2, 0.25) is 5.02 Å². The van der Waals surface area contributed by atoms with Crippen LogP contribution in [-0.2, 0) is 4.79 Å². The Labute approximate surface area is 113 Å². The Morgan fingerprint density at radius 2 is 2.33 bits per heavy atom. The molecule has 1 N–H and O–H groups in total. The molecule has 1 unspecified atom stereocenters. The molecule has 1 aromatic rings. The predicted octanol–water partition coefficient (Wildman–Crippen LogP) is 1.38. The molecule has 1 fully saturated rings. The Morgan fingerprint density at radius 1 is 1.56 bits per heavy atom. The molecule has 1 aliphatic heterocycles. The van der Waals surface area contributed by atoms with Gasteiger partial charge in [-0.25, -0.2) is 4.79 Å². The van der Waals surface area contributed by atoms with Crippen LogP contribution < -0.4 is 0 Å². The summed E-state index contributed by atoms with van der Waals surface area (Å²) >= 11 is 7.33. The fourth-order valence-electron chi connectivity index (χ4n) is 1.72. The summed E-state index contributed by atoms with van der Waals surface area (Å²) in [5, 5.41) is 9.51. The number of aromatic nitrogens is 1. The SMILES string of the molecule is O=C(O)C1CSCCN1C(=O)c1cc(Cl)ccn1. The molecule has 0 radical (unpaired) electrons. The van der Waals surface area contributed by atoms with Crippen molar-refractivity contribution in [2.75, 3.05) is 18.1 Å². The van der Waals surface area contributed by atoms with Crippen LogP contribution in [-0.4, -0.2) is 51.0 Å². The van der Waals surface area contributed by atoms with Gasteiger partial charge in [0, 0.05) is 29.3 Å². The van der Waals surface area contributed by atoms with Gasteiger partial charge in [0.25, 0.3) is 5.91 Å². The van der Waals surface area contributed by atoms with E-state index in [1.807, 2.05) is 0 Å². The number of carbonyl (C=O) groups excluding carboxylic acids is 1. The number of halogens is 1. The van der Waals surface area contributed by atoms with Gasteiger partial charge in [-0.05, 0) is 12.1 Å². The van der Waals surface area contributed by atoms with Crippen molar-refractivity contribution in [3.05, 3.63) is 29.0 Å². The highest BCUT2D eigenvalue weighted by molar-refractivity contribution is 7.99. The maximum absolute atomic E-state index is 12.2. The summed E-state index contributed by atoms with van der Waals surface area (Å²) in [6.45, 7) is 0.411. The first-order valence-corrected chi connectivity index (χ1v) is 6.86. The van der Waals surface area contributed by atoms with E-state index in [4.69, 9.17) is 16.7 Å². The van der Waals surface area contributed by atoms with Crippen LogP contribution >= 0.6 is 23.4 Å². The number of carboxylic acids is 1. The van der Waals surface area contributed by atoms with Crippen molar-refractivity contribution in [1.29, 1.82) is 0 Å². The Morgan fingerprint density at radius 3 is 3.00 bits per heavy atom. The quantitative estimate of drug-likeness (QED) is 0.889. The third-order valence-corrected chi connectivity index (χ3v) is 3.87. The van der Waals surface area contributed by atoms with Gasteiger partial charge >= 0.3 is 5.97 Å².